The molecule has 0 amide bonds. The third-order valence-electron chi connectivity index (χ3n) is 3.09. The van der Waals surface area contributed by atoms with Crippen LogP contribution in [0.2, 0.25) is 0 Å². The van der Waals surface area contributed by atoms with Crippen molar-refractivity contribution in [2.24, 2.45) is 0 Å². The zero-order valence-corrected chi connectivity index (χ0v) is 10.8. The standard InChI is InChI=1S/C13H21N3O/c1-4-17-12-6-5-7-14-13(12)16-9-10(2)15-8-11(16)3/h5-7,10-11,15H,4,8-9H2,1-3H3. The van der Waals surface area contributed by atoms with Gasteiger partial charge in [0.1, 0.15) is 0 Å². The minimum atomic E-state index is 0.445. The lowest BCUT2D eigenvalue weighted by Gasteiger charge is -2.38. The van der Waals surface area contributed by atoms with Crippen molar-refractivity contribution in [2.75, 3.05) is 24.6 Å². The first-order valence-electron chi connectivity index (χ1n) is 6.30. The van der Waals surface area contributed by atoms with E-state index in [0.717, 1.165) is 24.7 Å². The Balaban J connectivity index is 2.25. The van der Waals surface area contributed by atoms with Crippen LogP contribution in [-0.2, 0) is 0 Å². The number of nitrogens with zero attached hydrogens (tertiary/aromatic N) is 2. The van der Waals surface area contributed by atoms with Crippen LogP contribution < -0.4 is 15.0 Å². The molecule has 4 nitrogen and oxygen atoms in total. The van der Waals surface area contributed by atoms with Gasteiger partial charge in [0.15, 0.2) is 11.6 Å². The zero-order chi connectivity index (χ0) is 12.3. The highest BCUT2D eigenvalue weighted by Crippen LogP contribution is 2.28. The molecule has 1 N–H and O–H groups in total. The fourth-order valence-electron chi connectivity index (χ4n) is 2.18. The van der Waals surface area contributed by atoms with E-state index >= 15 is 0 Å². The van der Waals surface area contributed by atoms with E-state index in [9.17, 15) is 0 Å². The SMILES string of the molecule is CCOc1cccnc1N1CC(C)NCC1C. The summed E-state index contributed by atoms with van der Waals surface area (Å²) in [5.41, 5.74) is 0. The molecule has 0 aromatic carbocycles. The molecule has 2 rings (SSSR count). The molecule has 1 aliphatic heterocycles. The van der Waals surface area contributed by atoms with Gasteiger partial charge < -0.3 is 15.0 Å². The highest BCUT2D eigenvalue weighted by molar-refractivity contribution is 5.53. The summed E-state index contributed by atoms with van der Waals surface area (Å²) in [6, 6.07) is 4.85. The maximum atomic E-state index is 5.65. The second-order valence-corrected chi connectivity index (χ2v) is 4.57. The van der Waals surface area contributed by atoms with Gasteiger partial charge in [0.2, 0.25) is 0 Å². The van der Waals surface area contributed by atoms with Gasteiger partial charge in [-0.3, -0.25) is 0 Å². The largest absolute Gasteiger partial charge is 0.490 e. The molecule has 1 aromatic heterocycles. The summed E-state index contributed by atoms with van der Waals surface area (Å²) < 4.78 is 5.65. The number of piperazine rings is 1. The summed E-state index contributed by atoms with van der Waals surface area (Å²) in [5, 5.41) is 3.47. The van der Waals surface area contributed by atoms with Crippen LogP contribution in [0.15, 0.2) is 18.3 Å². The van der Waals surface area contributed by atoms with Gasteiger partial charge in [-0.25, -0.2) is 4.98 Å². The molecule has 2 atom stereocenters. The fraction of sp³-hybridized carbons (Fsp3) is 0.615. The third kappa shape index (κ3) is 2.69. The Bertz CT molecular complexity index is 369. The first-order chi connectivity index (χ1) is 8.22. The van der Waals surface area contributed by atoms with Gasteiger partial charge in [-0.15, -0.1) is 0 Å². The van der Waals surface area contributed by atoms with Crippen LogP contribution in [-0.4, -0.2) is 36.8 Å². The predicted octanol–water partition coefficient (Wildman–Crippen LogP) is 1.67. The topological polar surface area (TPSA) is 37.4 Å². The normalized spacial score (nSPS) is 24.8. The number of nitrogens with one attached hydrogen (secondary N) is 1. The molecular weight excluding hydrogens is 214 g/mol. The second kappa shape index (κ2) is 5.36. The number of hydrogen-bond donors (Lipinski definition) is 1. The molecule has 1 saturated heterocycles. The van der Waals surface area contributed by atoms with Gasteiger partial charge in [-0.2, -0.15) is 0 Å². The van der Waals surface area contributed by atoms with Crippen molar-refractivity contribution in [1.82, 2.24) is 10.3 Å². The minimum absolute atomic E-state index is 0.445. The molecular formula is C13H21N3O. The van der Waals surface area contributed by atoms with Crippen molar-refractivity contribution in [2.45, 2.75) is 32.9 Å². The minimum Gasteiger partial charge on any atom is -0.490 e. The lowest BCUT2D eigenvalue weighted by atomic mass is 10.1. The Hall–Kier alpha value is -1.29. The average molecular weight is 235 g/mol. The Morgan fingerprint density at radius 3 is 3.12 bits per heavy atom. The Kier molecular flexibility index (Phi) is 3.84. The van der Waals surface area contributed by atoms with E-state index in [0.29, 0.717) is 18.7 Å². The van der Waals surface area contributed by atoms with E-state index in [1.54, 1.807) is 0 Å². The first kappa shape index (κ1) is 12.2. The van der Waals surface area contributed by atoms with E-state index in [1.165, 1.54) is 0 Å². The summed E-state index contributed by atoms with van der Waals surface area (Å²) in [6.45, 7) is 9.04. The zero-order valence-electron chi connectivity index (χ0n) is 10.8. The van der Waals surface area contributed by atoms with E-state index in [1.807, 2.05) is 25.3 Å². The van der Waals surface area contributed by atoms with Gasteiger partial charge in [-0.05, 0) is 32.9 Å². The smallest absolute Gasteiger partial charge is 0.171 e. The molecule has 0 spiro atoms. The molecule has 2 heterocycles. The molecule has 1 fully saturated rings. The molecule has 0 bridgehead atoms. The van der Waals surface area contributed by atoms with E-state index in [-0.39, 0.29) is 0 Å². The Morgan fingerprint density at radius 2 is 2.35 bits per heavy atom. The summed E-state index contributed by atoms with van der Waals surface area (Å²) in [6.07, 6.45) is 1.83. The summed E-state index contributed by atoms with van der Waals surface area (Å²) >= 11 is 0. The highest BCUT2D eigenvalue weighted by atomic mass is 16.5. The van der Waals surface area contributed by atoms with Crippen molar-refractivity contribution >= 4 is 5.82 Å². The maximum Gasteiger partial charge on any atom is 0.171 e. The van der Waals surface area contributed by atoms with Crippen LogP contribution in [0.4, 0.5) is 5.82 Å². The van der Waals surface area contributed by atoms with Gasteiger partial charge >= 0.3 is 0 Å². The molecule has 0 saturated carbocycles. The van der Waals surface area contributed by atoms with Crippen LogP contribution in [0.1, 0.15) is 20.8 Å². The lowest BCUT2D eigenvalue weighted by Crippen LogP contribution is -2.54. The van der Waals surface area contributed by atoms with Crippen LogP contribution in [0.3, 0.4) is 0 Å². The van der Waals surface area contributed by atoms with Crippen LogP contribution >= 0.6 is 0 Å². The quantitative estimate of drug-likeness (QED) is 0.864. The van der Waals surface area contributed by atoms with Crippen LogP contribution in [0, 0.1) is 0 Å². The van der Waals surface area contributed by atoms with Gasteiger partial charge in [0.05, 0.1) is 6.61 Å². The molecule has 17 heavy (non-hydrogen) atoms. The fourth-order valence-corrected chi connectivity index (χ4v) is 2.18. The van der Waals surface area contributed by atoms with Gasteiger partial charge in [0.25, 0.3) is 0 Å². The molecule has 2 unspecified atom stereocenters. The van der Waals surface area contributed by atoms with Crippen molar-refractivity contribution in [3.8, 4) is 5.75 Å². The second-order valence-electron chi connectivity index (χ2n) is 4.57. The van der Waals surface area contributed by atoms with Gasteiger partial charge in [-0.1, -0.05) is 0 Å². The van der Waals surface area contributed by atoms with Gasteiger partial charge in [0, 0.05) is 31.4 Å². The average Bonchev–Trinajstić information content (AvgIpc) is 2.34. The van der Waals surface area contributed by atoms with E-state index < -0.39 is 0 Å². The maximum absolute atomic E-state index is 5.65. The monoisotopic (exact) mass is 235 g/mol. The first-order valence-corrected chi connectivity index (χ1v) is 6.30. The molecule has 94 valence electrons. The Labute approximate surface area is 103 Å². The van der Waals surface area contributed by atoms with Crippen molar-refractivity contribution in [3.05, 3.63) is 18.3 Å². The number of ether oxygens (including phenoxy) is 1. The molecule has 0 radical (unpaired) electrons. The number of aromatic nitrogens is 1. The summed E-state index contributed by atoms with van der Waals surface area (Å²) in [5.74, 6) is 1.85. The molecule has 0 aliphatic carbocycles. The van der Waals surface area contributed by atoms with Crippen molar-refractivity contribution in [3.63, 3.8) is 0 Å². The molecule has 1 aliphatic rings. The van der Waals surface area contributed by atoms with Crippen molar-refractivity contribution < 1.29 is 4.74 Å². The molecule has 4 heteroatoms. The van der Waals surface area contributed by atoms with E-state index in [2.05, 4.69) is 29.0 Å². The highest BCUT2D eigenvalue weighted by Gasteiger charge is 2.25. The summed E-state index contributed by atoms with van der Waals surface area (Å²) in [7, 11) is 0. The van der Waals surface area contributed by atoms with Crippen LogP contribution in [0.5, 0.6) is 5.75 Å². The number of rotatable bonds is 3. The van der Waals surface area contributed by atoms with Crippen molar-refractivity contribution in [1.29, 1.82) is 0 Å². The van der Waals surface area contributed by atoms with E-state index in [4.69, 9.17) is 4.74 Å². The van der Waals surface area contributed by atoms with Crippen LogP contribution in [0.25, 0.3) is 0 Å². The third-order valence-corrected chi connectivity index (χ3v) is 3.09. The Morgan fingerprint density at radius 1 is 1.53 bits per heavy atom. The summed E-state index contributed by atoms with van der Waals surface area (Å²) in [4.78, 5) is 6.80. The number of hydrogen-bond acceptors (Lipinski definition) is 4. The number of anilines is 1. The number of pyridine rings is 1. The lowest BCUT2D eigenvalue weighted by molar-refractivity contribution is 0.334. The predicted molar refractivity (Wildman–Crippen MR) is 69.7 cm³/mol. The molecule has 1 aromatic rings.